The number of aromatic nitrogens is 1. The number of anilines is 1. The summed E-state index contributed by atoms with van der Waals surface area (Å²) in [4.78, 5) is 31.6. The number of rotatable bonds is 3. The topological polar surface area (TPSA) is 70.5 Å². The zero-order chi connectivity index (χ0) is 21.4. The van der Waals surface area contributed by atoms with Crippen molar-refractivity contribution >= 4 is 46.5 Å². The van der Waals surface area contributed by atoms with E-state index >= 15 is 0 Å². The van der Waals surface area contributed by atoms with Gasteiger partial charge in [-0.15, -0.1) is 0 Å². The number of Topliss-reactive ketones (excluding diaryl/α,β-unsaturated/α-hetero) is 1. The van der Waals surface area contributed by atoms with Gasteiger partial charge in [0.1, 0.15) is 11.6 Å². The first-order valence-electron chi connectivity index (χ1n) is 9.12. The summed E-state index contributed by atoms with van der Waals surface area (Å²) in [6.45, 7) is 1.86. The number of aryl methyl sites for hydroxylation is 1. The molecule has 0 bridgehead atoms. The molecule has 1 amide bonds. The normalized spacial score (nSPS) is 18.1. The second-order valence-corrected chi connectivity index (χ2v) is 7.74. The monoisotopic (exact) mass is 438 g/mol. The molecule has 1 saturated heterocycles. The Morgan fingerprint density at radius 3 is 2.40 bits per heavy atom. The van der Waals surface area contributed by atoms with Gasteiger partial charge in [-0.3, -0.25) is 14.5 Å². The zero-order valence-corrected chi connectivity index (χ0v) is 17.4. The fraction of sp³-hybridized carbons (Fsp3) is 0.0870. The van der Waals surface area contributed by atoms with Crippen LogP contribution in [0, 0.1) is 6.92 Å². The molecule has 150 valence electrons. The third-order valence-corrected chi connectivity index (χ3v) is 5.49. The first-order valence-corrected chi connectivity index (χ1v) is 9.88. The molecule has 1 N–H and O–H groups in total. The molecular weight excluding hydrogens is 423 g/mol. The maximum Gasteiger partial charge on any atom is 0.301 e. The molecule has 0 saturated carbocycles. The van der Waals surface area contributed by atoms with E-state index in [1.54, 1.807) is 66.9 Å². The van der Waals surface area contributed by atoms with Crippen LogP contribution in [-0.2, 0) is 9.59 Å². The summed E-state index contributed by atoms with van der Waals surface area (Å²) in [7, 11) is 0. The third kappa shape index (κ3) is 3.47. The van der Waals surface area contributed by atoms with Gasteiger partial charge in [0.2, 0.25) is 0 Å². The number of pyridine rings is 1. The molecule has 1 aromatic heterocycles. The van der Waals surface area contributed by atoms with Crippen LogP contribution >= 0.6 is 23.2 Å². The Bertz CT molecular complexity index is 1190. The van der Waals surface area contributed by atoms with Crippen molar-refractivity contribution in [2.45, 2.75) is 13.0 Å². The minimum atomic E-state index is -0.882. The molecule has 1 aliphatic rings. The van der Waals surface area contributed by atoms with E-state index < -0.39 is 17.7 Å². The summed E-state index contributed by atoms with van der Waals surface area (Å²) in [6.07, 6.45) is 1.57. The second kappa shape index (κ2) is 7.94. The third-order valence-electron chi connectivity index (χ3n) is 4.91. The van der Waals surface area contributed by atoms with Crippen LogP contribution in [0.2, 0.25) is 10.0 Å². The van der Waals surface area contributed by atoms with Crippen LogP contribution in [0.4, 0.5) is 5.82 Å². The van der Waals surface area contributed by atoms with Crippen LogP contribution in [0.3, 0.4) is 0 Å². The molecule has 7 heteroatoms. The van der Waals surface area contributed by atoms with E-state index in [1.807, 2.05) is 6.92 Å². The van der Waals surface area contributed by atoms with E-state index in [2.05, 4.69) is 4.98 Å². The lowest BCUT2D eigenvalue weighted by Gasteiger charge is -2.24. The first-order chi connectivity index (χ1) is 14.4. The number of benzene rings is 2. The van der Waals surface area contributed by atoms with Crippen LogP contribution in [-0.4, -0.2) is 21.8 Å². The molecule has 0 aliphatic carbocycles. The molecule has 1 unspecified atom stereocenters. The van der Waals surface area contributed by atoms with Crippen molar-refractivity contribution in [2.75, 3.05) is 4.90 Å². The summed E-state index contributed by atoms with van der Waals surface area (Å²) in [5, 5.41) is 11.8. The number of ketones is 1. The highest BCUT2D eigenvalue weighted by atomic mass is 35.5. The maximum absolute atomic E-state index is 13.0. The van der Waals surface area contributed by atoms with Gasteiger partial charge >= 0.3 is 5.91 Å². The first kappa shape index (κ1) is 20.1. The molecule has 2 aromatic carbocycles. The van der Waals surface area contributed by atoms with Gasteiger partial charge in [0.25, 0.3) is 5.78 Å². The number of hydrogen-bond donors (Lipinski definition) is 1. The standard InChI is InChI=1S/C23H16Cl2N2O3/c1-13-10-11-26-18(12-13)27-20(14-6-8-15(24)9-7-14)19(22(29)23(27)30)21(28)16-4-2-3-5-17(16)25/h2-12,20,28H,1H3/b21-19-. The van der Waals surface area contributed by atoms with Crippen molar-refractivity contribution in [3.05, 3.63) is 99.2 Å². The number of aliphatic hydroxyl groups is 1. The smallest absolute Gasteiger partial charge is 0.301 e. The van der Waals surface area contributed by atoms with Crippen LogP contribution < -0.4 is 4.90 Å². The Kier molecular flexibility index (Phi) is 5.33. The highest BCUT2D eigenvalue weighted by Crippen LogP contribution is 2.42. The number of nitrogens with zero attached hydrogens (tertiary/aromatic N) is 2. The van der Waals surface area contributed by atoms with Crippen molar-refractivity contribution in [1.82, 2.24) is 4.98 Å². The molecule has 4 rings (SSSR count). The van der Waals surface area contributed by atoms with E-state index in [0.29, 0.717) is 16.4 Å². The lowest BCUT2D eigenvalue weighted by molar-refractivity contribution is -0.132. The van der Waals surface area contributed by atoms with E-state index in [9.17, 15) is 14.7 Å². The van der Waals surface area contributed by atoms with E-state index in [-0.39, 0.29) is 21.9 Å². The van der Waals surface area contributed by atoms with Crippen LogP contribution in [0.25, 0.3) is 5.76 Å². The Hall–Kier alpha value is -3.15. The van der Waals surface area contributed by atoms with Crippen LogP contribution in [0.5, 0.6) is 0 Å². The van der Waals surface area contributed by atoms with Gasteiger partial charge in [0, 0.05) is 16.8 Å². The fourth-order valence-corrected chi connectivity index (χ4v) is 3.83. The summed E-state index contributed by atoms with van der Waals surface area (Å²) in [5.74, 6) is -1.61. The van der Waals surface area contributed by atoms with E-state index in [4.69, 9.17) is 23.2 Å². The molecule has 1 atom stereocenters. The molecule has 0 radical (unpaired) electrons. The molecule has 30 heavy (non-hydrogen) atoms. The molecule has 5 nitrogen and oxygen atoms in total. The quantitative estimate of drug-likeness (QED) is 0.341. The van der Waals surface area contributed by atoms with Gasteiger partial charge in [-0.2, -0.15) is 0 Å². The van der Waals surface area contributed by atoms with Crippen molar-refractivity contribution in [3.8, 4) is 0 Å². The molecule has 0 spiro atoms. The molecule has 2 heterocycles. The number of aliphatic hydroxyl groups excluding tert-OH is 1. The van der Waals surface area contributed by atoms with Crippen LogP contribution in [0.15, 0.2) is 72.4 Å². The number of carbonyl (C=O) groups excluding carboxylic acids is 2. The predicted molar refractivity (Wildman–Crippen MR) is 117 cm³/mol. The van der Waals surface area contributed by atoms with Crippen molar-refractivity contribution in [1.29, 1.82) is 0 Å². The summed E-state index contributed by atoms with van der Waals surface area (Å²) >= 11 is 12.3. The fourth-order valence-electron chi connectivity index (χ4n) is 3.48. The highest BCUT2D eigenvalue weighted by molar-refractivity contribution is 6.51. The second-order valence-electron chi connectivity index (χ2n) is 6.89. The van der Waals surface area contributed by atoms with Gasteiger partial charge in [-0.05, 0) is 54.4 Å². The van der Waals surface area contributed by atoms with E-state index in [0.717, 1.165) is 5.56 Å². The van der Waals surface area contributed by atoms with Crippen LogP contribution in [0.1, 0.15) is 22.7 Å². The number of carbonyl (C=O) groups is 2. The number of halogens is 2. The van der Waals surface area contributed by atoms with Gasteiger partial charge in [0.15, 0.2) is 0 Å². The molecular formula is C23H16Cl2N2O3. The number of hydrogen-bond acceptors (Lipinski definition) is 4. The maximum atomic E-state index is 13.0. The van der Waals surface area contributed by atoms with Crippen molar-refractivity contribution < 1.29 is 14.7 Å². The van der Waals surface area contributed by atoms with Gasteiger partial charge in [0.05, 0.1) is 16.6 Å². The molecule has 1 aliphatic heterocycles. The Morgan fingerprint density at radius 1 is 1.03 bits per heavy atom. The average Bonchev–Trinajstić information content (AvgIpc) is 2.99. The lowest BCUT2D eigenvalue weighted by Crippen LogP contribution is -2.30. The van der Waals surface area contributed by atoms with Gasteiger partial charge < -0.3 is 5.11 Å². The van der Waals surface area contributed by atoms with Gasteiger partial charge in [-0.1, -0.05) is 47.5 Å². The molecule has 1 fully saturated rings. The predicted octanol–water partition coefficient (Wildman–Crippen LogP) is 5.32. The average molecular weight is 439 g/mol. The van der Waals surface area contributed by atoms with Gasteiger partial charge in [-0.25, -0.2) is 4.98 Å². The highest BCUT2D eigenvalue weighted by Gasteiger charge is 2.47. The Morgan fingerprint density at radius 2 is 1.73 bits per heavy atom. The number of amides is 1. The zero-order valence-electron chi connectivity index (χ0n) is 15.8. The minimum absolute atomic E-state index is 0.0567. The molecule has 3 aromatic rings. The Balaban J connectivity index is 1.98. The summed E-state index contributed by atoms with van der Waals surface area (Å²) < 4.78 is 0. The summed E-state index contributed by atoms with van der Waals surface area (Å²) in [6, 6.07) is 16.0. The largest absolute Gasteiger partial charge is 0.507 e. The Labute approximate surface area is 183 Å². The van der Waals surface area contributed by atoms with E-state index in [1.165, 1.54) is 4.90 Å². The van der Waals surface area contributed by atoms with Crippen molar-refractivity contribution in [2.24, 2.45) is 0 Å². The minimum Gasteiger partial charge on any atom is -0.507 e. The SMILES string of the molecule is Cc1ccnc(N2C(=O)C(=O)/C(=C(\O)c3ccccc3Cl)C2c2ccc(Cl)cc2)c1. The van der Waals surface area contributed by atoms with Crippen molar-refractivity contribution in [3.63, 3.8) is 0 Å². The summed E-state index contributed by atoms with van der Waals surface area (Å²) in [5.41, 5.74) is 1.70. The lowest BCUT2D eigenvalue weighted by atomic mass is 9.95.